The summed E-state index contributed by atoms with van der Waals surface area (Å²) in [5.41, 5.74) is 2.59. The predicted octanol–water partition coefficient (Wildman–Crippen LogP) is 3.48. The molecule has 0 atom stereocenters. The molecule has 15 heavy (non-hydrogen) atoms. The molecular formula is C14H18O. The molecule has 1 aliphatic rings. The number of benzene rings is 1. The highest BCUT2D eigenvalue weighted by Gasteiger charge is 2.14. The Morgan fingerprint density at radius 3 is 2.33 bits per heavy atom. The summed E-state index contributed by atoms with van der Waals surface area (Å²) >= 11 is 0. The zero-order chi connectivity index (χ0) is 10.5. The summed E-state index contributed by atoms with van der Waals surface area (Å²) in [6, 6.07) is 8.60. The zero-order valence-electron chi connectivity index (χ0n) is 9.11. The van der Waals surface area contributed by atoms with Crippen LogP contribution in [0.15, 0.2) is 24.3 Å². The second-order valence-corrected chi connectivity index (χ2v) is 4.45. The summed E-state index contributed by atoms with van der Waals surface area (Å²) in [5.74, 6) is 0.768. The van der Waals surface area contributed by atoms with Crippen LogP contribution in [0.1, 0.15) is 49.1 Å². The molecule has 2 rings (SSSR count). The molecular weight excluding hydrogens is 184 g/mol. The van der Waals surface area contributed by atoms with Crippen molar-refractivity contribution in [2.75, 3.05) is 0 Å². The topological polar surface area (TPSA) is 17.1 Å². The fraction of sp³-hybridized carbons (Fsp3) is 0.500. The van der Waals surface area contributed by atoms with Gasteiger partial charge < -0.3 is 4.79 Å². The van der Waals surface area contributed by atoms with E-state index in [1.165, 1.54) is 37.7 Å². The summed E-state index contributed by atoms with van der Waals surface area (Å²) in [5, 5.41) is 0. The molecule has 1 fully saturated rings. The van der Waals surface area contributed by atoms with Crippen LogP contribution < -0.4 is 0 Å². The first-order valence-corrected chi connectivity index (χ1v) is 5.92. The molecule has 1 saturated carbocycles. The van der Waals surface area contributed by atoms with Crippen molar-refractivity contribution >= 4 is 6.29 Å². The van der Waals surface area contributed by atoms with Crippen molar-refractivity contribution in [2.45, 2.75) is 44.4 Å². The lowest BCUT2D eigenvalue weighted by molar-refractivity contribution is -0.107. The third kappa shape index (κ3) is 2.68. The monoisotopic (exact) mass is 202 g/mol. The minimum atomic E-state index is 0.547. The van der Waals surface area contributed by atoms with Crippen LogP contribution in [0.3, 0.4) is 0 Å². The van der Waals surface area contributed by atoms with E-state index in [-0.39, 0.29) is 0 Å². The van der Waals surface area contributed by atoms with E-state index in [0.717, 1.165) is 17.8 Å². The lowest BCUT2D eigenvalue weighted by atomic mass is 9.84. The average Bonchev–Trinajstić information content (AvgIpc) is 2.32. The third-order valence-electron chi connectivity index (χ3n) is 3.38. The van der Waals surface area contributed by atoms with Gasteiger partial charge in [-0.1, -0.05) is 43.5 Å². The van der Waals surface area contributed by atoms with E-state index in [9.17, 15) is 4.79 Å². The molecule has 0 radical (unpaired) electrons. The van der Waals surface area contributed by atoms with Gasteiger partial charge in [0.25, 0.3) is 0 Å². The number of hydrogen-bond donors (Lipinski definition) is 0. The normalized spacial score (nSPS) is 17.6. The maximum Gasteiger partial charge on any atom is 0.124 e. The lowest BCUT2D eigenvalue weighted by Crippen LogP contribution is -2.04. The van der Waals surface area contributed by atoms with Gasteiger partial charge in [0.2, 0.25) is 0 Å². The van der Waals surface area contributed by atoms with Crippen LogP contribution in [0, 0.1) is 0 Å². The number of hydrogen-bond acceptors (Lipinski definition) is 1. The molecule has 1 nitrogen and oxygen atoms in total. The first-order valence-electron chi connectivity index (χ1n) is 5.92. The quantitative estimate of drug-likeness (QED) is 0.686. The highest BCUT2D eigenvalue weighted by molar-refractivity contribution is 5.54. The van der Waals surface area contributed by atoms with E-state index < -0.39 is 0 Å². The molecule has 0 amide bonds. The van der Waals surface area contributed by atoms with Gasteiger partial charge in [0.05, 0.1) is 0 Å². The maximum atomic E-state index is 10.4. The average molecular weight is 202 g/mol. The Balaban J connectivity index is 2.04. The molecule has 0 heterocycles. The fourth-order valence-electron chi connectivity index (χ4n) is 2.46. The van der Waals surface area contributed by atoms with Crippen LogP contribution in [0.25, 0.3) is 0 Å². The second kappa shape index (κ2) is 5.11. The molecule has 1 aromatic carbocycles. The van der Waals surface area contributed by atoms with Gasteiger partial charge >= 0.3 is 0 Å². The van der Waals surface area contributed by atoms with Crippen LogP contribution in [-0.4, -0.2) is 6.29 Å². The number of carbonyl (C=O) groups excluding carboxylic acids is 1. The Bertz CT molecular complexity index is 307. The van der Waals surface area contributed by atoms with Crippen LogP contribution in [0.5, 0.6) is 0 Å². The van der Waals surface area contributed by atoms with Gasteiger partial charge in [0.1, 0.15) is 6.29 Å². The van der Waals surface area contributed by atoms with E-state index in [0.29, 0.717) is 6.42 Å². The molecule has 0 bridgehead atoms. The van der Waals surface area contributed by atoms with Crippen molar-refractivity contribution in [3.63, 3.8) is 0 Å². The Labute approximate surface area is 91.5 Å². The van der Waals surface area contributed by atoms with Crippen LogP contribution >= 0.6 is 0 Å². The summed E-state index contributed by atoms with van der Waals surface area (Å²) in [6.45, 7) is 0. The van der Waals surface area contributed by atoms with Crippen molar-refractivity contribution < 1.29 is 4.79 Å². The van der Waals surface area contributed by atoms with Crippen molar-refractivity contribution in [3.05, 3.63) is 35.4 Å². The van der Waals surface area contributed by atoms with E-state index in [1.807, 2.05) is 0 Å². The molecule has 0 aliphatic heterocycles. The standard InChI is InChI=1S/C14H18O/c15-11-10-12-6-8-14(9-7-12)13-4-2-1-3-5-13/h6-9,11,13H,1-5,10H2. The Morgan fingerprint density at radius 1 is 1.07 bits per heavy atom. The van der Waals surface area contributed by atoms with Gasteiger partial charge in [0, 0.05) is 6.42 Å². The van der Waals surface area contributed by atoms with E-state index in [2.05, 4.69) is 24.3 Å². The number of carbonyl (C=O) groups is 1. The van der Waals surface area contributed by atoms with Crippen molar-refractivity contribution in [1.82, 2.24) is 0 Å². The first-order chi connectivity index (χ1) is 7.40. The SMILES string of the molecule is O=CCc1ccc(C2CCCCC2)cc1. The van der Waals surface area contributed by atoms with Crippen LogP contribution in [-0.2, 0) is 11.2 Å². The van der Waals surface area contributed by atoms with Gasteiger partial charge in [0.15, 0.2) is 0 Å². The Kier molecular flexibility index (Phi) is 3.54. The smallest absolute Gasteiger partial charge is 0.124 e. The summed E-state index contributed by atoms with van der Waals surface area (Å²) in [4.78, 5) is 10.4. The number of aldehydes is 1. The van der Waals surface area contributed by atoms with Gasteiger partial charge in [-0.25, -0.2) is 0 Å². The maximum absolute atomic E-state index is 10.4. The third-order valence-corrected chi connectivity index (χ3v) is 3.38. The highest BCUT2D eigenvalue weighted by atomic mass is 16.1. The van der Waals surface area contributed by atoms with Crippen molar-refractivity contribution in [3.8, 4) is 0 Å². The zero-order valence-corrected chi connectivity index (χ0v) is 9.11. The number of rotatable bonds is 3. The molecule has 80 valence electrons. The summed E-state index contributed by atoms with van der Waals surface area (Å²) in [7, 11) is 0. The van der Waals surface area contributed by atoms with Crippen molar-refractivity contribution in [2.24, 2.45) is 0 Å². The molecule has 1 aromatic rings. The second-order valence-electron chi connectivity index (χ2n) is 4.45. The van der Waals surface area contributed by atoms with E-state index in [1.54, 1.807) is 0 Å². The summed E-state index contributed by atoms with van der Waals surface area (Å²) in [6.07, 6.45) is 8.35. The molecule has 0 spiro atoms. The van der Waals surface area contributed by atoms with Gasteiger partial charge in [-0.3, -0.25) is 0 Å². The lowest BCUT2D eigenvalue weighted by Gasteiger charge is -2.21. The minimum Gasteiger partial charge on any atom is -0.303 e. The molecule has 0 N–H and O–H groups in total. The molecule has 1 heteroatoms. The van der Waals surface area contributed by atoms with Gasteiger partial charge in [-0.15, -0.1) is 0 Å². The van der Waals surface area contributed by atoms with Crippen LogP contribution in [0.4, 0.5) is 0 Å². The predicted molar refractivity (Wildman–Crippen MR) is 62.0 cm³/mol. The Hall–Kier alpha value is -1.11. The molecule has 0 saturated heterocycles. The summed E-state index contributed by atoms with van der Waals surface area (Å²) < 4.78 is 0. The molecule has 0 aromatic heterocycles. The van der Waals surface area contributed by atoms with Gasteiger partial charge in [-0.05, 0) is 29.9 Å². The van der Waals surface area contributed by atoms with E-state index in [4.69, 9.17) is 0 Å². The Morgan fingerprint density at radius 2 is 1.73 bits per heavy atom. The largest absolute Gasteiger partial charge is 0.303 e. The van der Waals surface area contributed by atoms with Crippen molar-refractivity contribution in [1.29, 1.82) is 0 Å². The fourth-order valence-corrected chi connectivity index (χ4v) is 2.46. The van der Waals surface area contributed by atoms with Crippen LogP contribution in [0.2, 0.25) is 0 Å². The highest BCUT2D eigenvalue weighted by Crippen LogP contribution is 2.32. The van der Waals surface area contributed by atoms with Gasteiger partial charge in [-0.2, -0.15) is 0 Å². The van der Waals surface area contributed by atoms with E-state index >= 15 is 0 Å². The molecule has 1 aliphatic carbocycles. The first kappa shape index (κ1) is 10.4. The molecule has 0 unspecified atom stereocenters. The minimum absolute atomic E-state index is 0.547.